The number of ether oxygens (including phenoxy) is 7. The molecule has 460 valence electrons. The number of methoxy groups -OCH3 is 4. The molecule has 0 bridgehead atoms. The smallest absolute Gasteiger partial charge is 0.433 e. The van der Waals surface area contributed by atoms with Gasteiger partial charge in [-0.1, -0.05) is 127 Å². The monoisotopic (exact) mass is 1230 g/mol. The summed E-state index contributed by atoms with van der Waals surface area (Å²) in [6.07, 6.45) is -6.44. The van der Waals surface area contributed by atoms with Crippen LogP contribution in [0.15, 0.2) is 220 Å². The van der Waals surface area contributed by atoms with Crippen LogP contribution in [0.4, 0.5) is 5.69 Å². The van der Waals surface area contributed by atoms with Gasteiger partial charge in [-0.3, -0.25) is 42.8 Å². The zero-order valence-electron chi connectivity index (χ0n) is 49.7. The molecule has 2 saturated heterocycles. The summed E-state index contributed by atoms with van der Waals surface area (Å²) in [5, 5.41) is 16.9. The number of hydrogen-bond donors (Lipinski definition) is 4. The maximum Gasteiger partial charge on any atom is 0.433 e. The summed E-state index contributed by atoms with van der Waals surface area (Å²) in [5.74, 6) is 2.29. The fourth-order valence-electron chi connectivity index (χ4n) is 12.0. The van der Waals surface area contributed by atoms with Gasteiger partial charge < -0.3 is 38.3 Å². The largest absolute Gasteiger partial charge is 0.497 e. The van der Waals surface area contributed by atoms with Crippen LogP contribution in [-0.4, -0.2) is 89.8 Å². The molecule has 4 heterocycles. The van der Waals surface area contributed by atoms with E-state index in [1.165, 1.54) is 21.5 Å². The Labute approximate surface area is 512 Å². The van der Waals surface area contributed by atoms with E-state index in [0.29, 0.717) is 62.1 Å². The molecule has 2 aliphatic rings. The van der Waals surface area contributed by atoms with Crippen LogP contribution in [0.2, 0.25) is 0 Å². The summed E-state index contributed by atoms with van der Waals surface area (Å²) in [4.78, 5) is 58.2. The summed E-state index contributed by atoms with van der Waals surface area (Å²) >= 11 is 0. The number of anilines is 1. The van der Waals surface area contributed by atoms with Crippen molar-refractivity contribution in [3.05, 3.63) is 287 Å². The van der Waals surface area contributed by atoms with Gasteiger partial charge in [-0.2, -0.15) is 0 Å². The number of nitrogens with one attached hydrogen (secondary N) is 3. The van der Waals surface area contributed by atoms with E-state index in [4.69, 9.17) is 42.2 Å². The van der Waals surface area contributed by atoms with Crippen LogP contribution >= 0.6 is 7.75 Å². The average Bonchev–Trinajstić information content (AvgIpc) is 2.22. The van der Waals surface area contributed by atoms with Crippen molar-refractivity contribution in [2.75, 3.05) is 40.1 Å². The highest BCUT2D eigenvalue weighted by Crippen LogP contribution is 2.56. The molecule has 0 aliphatic carbocycles. The molecule has 20 nitrogen and oxygen atoms in total. The maximum absolute atomic E-state index is 16.5. The highest BCUT2D eigenvalue weighted by molar-refractivity contribution is 7.55. The van der Waals surface area contributed by atoms with Gasteiger partial charge in [-0.15, -0.1) is 0 Å². The van der Waals surface area contributed by atoms with Gasteiger partial charge in [-0.25, -0.2) is 14.2 Å². The van der Waals surface area contributed by atoms with Gasteiger partial charge in [0.15, 0.2) is 0 Å². The third-order valence-corrected chi connectivity index (χ3v) is 18.1. The Morgan fingerprint density at radius 3 is 1.37 bits per heavy atom. The minimum atomic E-state index is -4.84. The molecule has 2 aromatic heterocycles. The number of para-hydroxylation sites is 1. The second-order valence-corrected chi connectivity index (χ2v) is 23.5. The number of rotatable bonds is 23. The number of aliphatic hydroxyl groups is 1. The number of hydrogen-bond acceptors (Lipinski definition) is 15. The van der Waals surface area contributed by atoms with Gasteiger partial charge in [-0.05, 0) is 108 Å². The summed E-state index contributed by atoms with van der Waals surface area (Å²) in [7, 11) is 1.42. The molecule has 11 rings (SSSR count). The van der Waals surface area contributed by atoms with Gasteiger partial charge in [0.05, 0.1) is 46.6 Å². The number of aliphatic hydroxyl groups excluding tert-OH is 1. The average molecular weight is 1230 g/mol. The summed E-state index contributed by atoms with van der Waals surface area (Å²) in [6.45, 7) is 2.59. The number of aromatic nitrogens is 4. The number of benzene rings is 7. The Balaban J connectivity index is 1.05. The first kappa shape index (κ1) is 61.5. The van der Waals surface area contributed by atoms with E-state index in [1.54, 1.807) is 96.9 Å². The fraction of sp³-hybridized carbons (Fsp3) is 0.265. The highest BCUT2D eigenvalue weighted by Gasteiger charge is 2.55. The van der Waals surface area contributed by atoms with E-state index in [-0.39, 0.29) is 24.0 Å². The Kier molecular flexibility index (Phi) is 18.2. The minimum Gasteiger partial charge on any atom is -0.497 e. The first-order chi connectivity index (χ1) is 43.1. The van der Waals surface area contributed by atoms with Crippen molar-refractivity contribution in [3.8, 4) is 23.0 Å². The van der Waals surface area contributed by atoms with Crippen molar-refractivity contribution >= 4 is 13.4 Å². The second kappa shape index (κ2) is 26.3. The molecular weight excluding hydrogens is 1160 g/mol. The van der Waals surface area contributed by atoms with Crippen molar-refractivity contribution in [1.82, 2.24) is 19.1 Å². The van der Waals surface area contributed by atoms with Crippen LogP contribution in [0.5, 0.6) is 23.0 Å². The minimum absolute atomic E-state index is 0.00435. The SMILES string of the molecule is COc1ccc(C(O[C@H]2C[C@H](n3cc(C)c(=O)[nH]c3=O)O[C@@H]2COP(=O)(Nc2ccccc2)O[C@H]2C[C@H](n3cc(C)c(=O)[nH]c3=O)O[C@@H]2C(O)C(c2ccccc2)(c2ccc(OC)cc2)c2ccc(OC)cc2)(c2ccccc2)c2ccc(OC)cc2)cc1. The Morgan fingerprint density at radius 1 is 0.539 bits per heavy atom. The van der Waals surface area contributed by atoms with Crippen molar-refractivity contribution in [2.24, 2.45) is 0 Å². The lowest BCUT2D eigenvalue weighted by atomic mass is 9.64. The molecule has 2 aliphatic heterocycles. The second-order valence-electron chi connectivity index (χ2n) is 21.8. The van der Waals surface area contributed by atoms with Gasteiger partial charge in [0, 0.05) is 42.0 Å². The van der Waals surface area contributed by atoms with Crippen molar-refractivity contribution in [3.63, 3.8) is 0 Å². The highest BCUT2D eigenvalue weighted by atomic mass is 31.2. The predicted octanol–water partition coefficient (Wildman–Crippen LogP) is 9.71. The van der Waals surface area contributed by atoms with Crippen molar-refractivity contribution in [1.29, 1.82) is 0 Å². The molecule has 9 aromatic rings. The molecular formula is C68H68N5O15P. The molecule has 0 amide bonds. The Bertz CT molecular complexity index is 4070. The third kappa shape index (κ3) is 12.4. The summed E-state index contributed by atoms with van der Waals surface area (Å²) in [6, 6.07) is 56.9. The molecule has 0 spiro atoms. The zero-order valence-corrected chi connectivity index (χ0v) is 50.6. The van der Waals surface area contributed by atoms with Crippen molar-refractivity contribution in [2.45, 2.75) is 80.7 Å². The van der Waals surface area contributed by atoms with E-state index in [2.05, 4.69) is 15.1 Å². The Morgan fingerprint density at radius 2 is 0.921 bits per heavy atom. The van der Waals surface area contributed by atoms with Gasteiger partial charge >= 0.3 is 19.1 Å². The topological polar surface area (TPSA) is 242 Å². The number of H-pyrrole nitrogens is 2. The first-order valence-corrected chi connectivity index (χ1v) is 30.4. The summed E-state index contributed by atoms with van der Waals surface area (Å²) < 4.78 is 76.6. The standard InChI is InChI=1S/C68H68N5O15P/c1-43-40-72(65(77)69-63(43)75)59-38-56(87-68(48-18-12-8-13-19-48,49-26-34-54(82-5)35-27-49)50-28-36-55(83-6)37-29-50)58(85-59)42-84-89(79,71-51-20-14-9-15-21-51)88-57-39-60(73-41-44(2)64(76)70-66(73)78)86-61(57)62(74)67(45-16-10-7-11-17-45,46-22-30-52(80-3)31-23-46)47-24-32-53(81-4)33-25-47/h7-37,40-41,56-62,74H,38-39,42H2,1-6H3,(H,71,79)(H,69,75,77)(H,70,76,78)/t56-,57-,58+,59+,60+,61-,62?,89?/m0/s1. The fourth-order valence-corrected chi connectivity index (χ4v) is 13.5. The van der Waals surface area contributed by atoms with E-state index in [9.17, 15) is 24.3 Å². The number of aryl methyl sites for hydroxylation is 2. The molecule has 2 fully saturated rings. The van der Waals surface area contributed by atoms with Crippen LogP contribution in [0.1, 0.15) is 69.8 Å². The predicted molar refractivity (Wildman–Crippen MR) is 333 cm³/mol. The summed E-state index contributed by atoms with van der Waals surface area (Å²) in [5.41, 5.74) is -1.02. The normalized spacial score (nSPS) is 19.4. The van der Waals surface area contributed by atoms with Crippen LogP contribution in [0.25, 0.3) is 0 Å². The molecule has 21 heteroatoms. The zero-order chi connectivity index (χ0) is 62.5. The lowest BCUT2D eigenvalue weighted by Crippen LogP contribution is -2.52. The third-order valence-electron chi connectivity index (χ3n) is 16.5. The molecule has 7 aromatic carbocycles. The molecule has 0 saturated carbocycles. The van der Waals surface area contributed by atoms with Gasteiger partial charge in [0.2, 0.25) is 0 Å². The lowest BCUT2D eigenvalue weighted by molar-refractivity contribution is -0.102. The molecule has 0 radical (unpaired) electrons. The van der Waals surface area contributed by atoms with E-state index >= 15 is 4.57 Å². The number of aromatic amines is 2. The lowest BCUT2D eigenvalue weighted by Gasteiger charge is -2.43. The maximum atomic E-state index is 16.5. The van der Waals surface area contributed by atoms with Crippen LogP contribution < -0.4 is 46.5 Å². The van der Waals surface area contributed by atoms with Gasteiger partial charge in [0.1, 0.15) is 65.5 Å². The van der Waals surface area contributed by atoms with E-state index < -0.39 is 90.8 Å². The molecule has 89 heavy (non-hydrogen) atoms. The molecule has 4 N–H and O–H groups in total. The van der Waals surface area contributed by atoms with Crippen molar-refractivity contribution < 1.29 is 51.9 Å². The quantitative estimate of drug-likeness (QED) is 0.0344. The number of nitrogens with zero attached hydrogens (tertiary/aromatic N) is 2. The first-order valence-electron chi connectivity index (χ1n) is 28.9. The Hall–Kier alpha value is -9.11. The van der Waals surface area contributed by atoms with Gasteiger partial charge in [0.25, 0.3) is 11.1 Å². The van der Waals surface area contributed by atoms with Crippen LogP contribution in [0.3, 0.4) is 0 Å². The molecule has 2 unspecified atom stereocenters. The van der Waals surface area contributed by atoms with Crippen LogP contribution in [0, 0.1) is 13.8 Å². The van der Waals surface area contributed by atoms with E-state index in [0.717, 1.165) is 0 Å². The molecule has 8 atom stereocenters. The van der Waals surface area contributed by atoms with E-state index in [1.807, 2.05) is 133 Å². The van der Waals surface area contributed by atoms with Crippen LogP contribution in [-0.2, 0) is 38.8 Å².